The van der Waals surface area contributed by atoms with Crippen molar-refractivity contribution in [2.45, 2.75) is 19.6 Å². The largest absolute Gasteiger partial charge is 0.493 e. The zero-order chi connectivity index (χ0) is 15.8. The molecule has 2 aromatic rings. The fourth-order valence-corrected chi connectivity index (χ4v) is 2.40. The van der Waals surface area contributed by atoms with Crippen molar-refractivity contribution in [2.24, 2.45) is 0 Å². The number of nitrogens with two attached hydrogens (primary N) is 1. The molecule has 0 radical (unpaired) electrons. The molecule has 118 valence electrons. The molecule has 4 nitrogen and oxygen atoms in total. The lowest BCUT2D eigenvalue weighted by molar-refractivity contribution is -0.677. The lowest BCUT2D eigenvalue weighted by atomic mass is 10.1. The molecular weight excluding hydrogens is 278 g/mol. The SMILES string of the molecule is CCOc1c(C[NH2+]C[C@@H](O)c2ccccc2)cccc1OC. The summed E-state index contributed by atoms with van der Waals surface area (Å²) in [6.45, 7) is 3.89. The molecule has 0 spiro atoms. The molecule has 0 aliphatic heterocycles. The zero-order valence-electron chi connectivity index (χ0n) is 13.2. The Bertz CT molecular complexity index is 572. The minimum absolute atomic E-state index is 0.470. The van der Waals surface area contributed by atoms with Gasteiger partial charge in [0.15, 0.2) is 11.5 Å². The van der Waals surface area contributed by atoms with Gasteiger partial charge in [0.2, 0.25) is 0 Å². The molecule has 0 amide bonds. The molecule has 0 aliphatic rings. The van der Waals surface area contributed by atoms with Gasteiger partial charge < -0.3 is 19.9 Å². The van der Waals surface area contributed by atoms with Crippen molar-refractivity contribution in [2.75, 3.05) is 20.3 Å². The molecule has 0 aromatic heterocycles. The third kappa shape index (κ3) is 4.23. The molecule has 1 atom stereocenters. The average molecular weight is 302 g/mol. The molecule has 3 N–H and O–H groups in total. The van der Waals surface area contributed by atoms with Gasteiger partial charge in [0.05, 0.1) is 19.3 Å². The zero-order valence-corrected chi connectivity index (χ0v) is 13.2. The van der Waals surface area contributed by atoms with E-state index in [4.69, 9.17) is 9.47 Å². The van der Waals surface area contributed by atoms with E-state index in [2.05, 4.69) is 5.32 Å². The lowest BCUT2D eigenvalue weighted by Gasteiger charge is -2.14. The van der Waals surface area contributed by atoms with Gasteiger partial charge in [-0.2, -0.15) is 0 Å². The second kappa shape index (κ2) is 8.41. The van der Waals surface area contributed by atoms with Gasteiger partial charge >= 0.3 is 0 Å². The number of aliphatic hydroxyl groups excluding tert-OH is 1. The van der Waals surface area contributed by atoms with Crippen molar-refractivity contribution in [3.8, 4) is 11.5 Å². The van der Waals surface area contributed by atoms with E-state index in [0.717, 1.165) is 29.2 Å². The van der Waals surface area contributed by atoms with Crippen LogP contribution in [0.5, 0.6) is 11.5 Å². The molecule has 0 saturated carbocycles. The molecule has 0 aliphatic carbocycles. The van der Waals surface area contributed by atoms with Crippen LogP contribution >= 0.6 is 0 Å². The van der Waals surface area contributed by atoms with Gasteiger partial charge in [0.25, 0.3) is 0 Å². The first-order chi connectivity index (χ1) is 10.8. The third-order valence-corrected chi connectivity index (χ3v) is 3.51. The number of rotatable bonds is 8. The first-order valence-electron chi connectivity index (χ1n) is 7.59. The van der Waals surface area contributed by atoms with Crippen LogP contribution < -0.4 is 14.8 Å². The maximum Gasteiger partial charge on any atom is 0.169 e. The molecule has 0 saturated heterocycles. The van der Waals surface area contributed by atoms with Crippen LogP contribution in [0, 0.1) is 0 Å². The molecule has 0 bridgehead atoms. The number of ether oxygens (including phenoxy) is 2. The van der Waals surface area contributed by atoms with E-state index >= 15 is 0 Å². The highest BCUT2D eigenvalue weighted by molar-refractivity contribution is 5.46. The highest BCUT2D eigenvalue weighted by Gasteiger charge is 2.13. The van der Waals surface area contributed by atoms with Gasteiger partial charge in [-0.15, -0.1) is 0 Å². The minimum Gasteiger partial charge on any atom is -0.493 e. The van der Waals surface area contributed by atoms with Crippen LogP contribution in [0.25, 0.3) is 0 Å². The Morgan fingerprint density at radius 3 is 2.55 bits per heavy atom. The summed E-state index contributed by atoms with van der Waals surface area (Å²) in [7, 11) is 1.64. The Balaban J connectivity index is 1.97. The van der Waals surface area contributed by atoms with Crippen LogP contribution in [0.3, 0.4) is 0 Å². The van der Waals surface area contributed by atoms with Gasteiger partial charge in [-0.25, -0.2) is 0 Å². The monoisotopic (exact) mass is 302 g/mol. The average Bonchev–Trinajstić information content (AvgIpc) is 2.57. The van der Waals surface area contributed by atoms with Crippen LogP contribution in [0.4, 0.5) is 0 Å². The van der Waals surface area contributed by atoms with E-state index < -0.39 is 6.10 Å². The summed E-state index contributed by atoms with van der Waals surface area (Å²) in [5.74, 6) is 1.54. The number of methoxy groups -OCH3 is 1. The standard InChI is InChI=1S/C18H23NO3/c1-3-22-18-15(10-7-11-17(18)21-2)12-19-13-16(20)14-8-5-4-6-9-14/h4-11,16,19-20H,3,12-13H2,1-2H3/p+1/t16-/m1/s1. The number of aliphatic hydroxyl groups is 1. The van der Waals surface area contributed by atoms with Crippen LogP contribution in [0.2, 0.25) is 0 Å². The summed E-state index contributed by atoms with van der Waals surface area (Å²) in [4.78, 5) is 0. The molecule has 22 heavy (non-hydrogen) atoms. The highest BCUT2D eigenvalue weighted by atomic mass is 16.5. The molecule has 0 fully saturated rings. The van der Waals surface area contributed by atoms with E-state index in [9.17, 15) is 5.11 Å². The van der Waals surface area contributed by atoms with Crippen LogP contribution in [-0.2, 0) is 6.54 Å². The van der Waals surface area contributed by atoms with E-state index in [0.29, 0.717) is 13.2 Å². The Hall–Kier alpha value is -2.04. The lowest BCUT2D eigenvalue weighted by Crippen LogP contribution is -2.83. The molecule has 4 heteroatoms. The van der Waals surface area contributed by atoms with Gasteiger partial charge in [-0.1, -0.05) is 36.4 Å². The molecule has 0 unspecified atom stereocenters. The van der Waals surface area contributed by atoms with Crippen molar-refractivity contribution < 1.29 is 19.9 Å². The topological polar surface area (TPSA) is 55.3 Å². The van der Waals surface area contributed by atoms with E-state index in [1.807, 2.05) is 55.5 Å². The fraction of sp³-hybridized carbons (Fsp3) is 0.333. The van der Waals surface area contributed by atoms with Crippen LogP contribution in [-0.4, -0.2) is 25.4 Å². The molecular formula is C18H24NO3+. The maximum atomic E-state index is 10.2. The summed E-state index contributed by atoms with van der Waals surface area (Å²) in [5.41, 5.74) is 2.01. The summed E-state index contributed by atoms with van der Waals surface area (Å²) in [6, 6.07) is 15.6. The number of benzene rings is 2. The molecule has 0 heterocycles. The van der Waals surface area contributed by atoms with Crippen LogP contribution in [0.1, 0.15) is 24.2 Å². The van der Waals surface area contributed by atoms with Crippen molar-refractivity contribution in [1.82, 2.24) is 0 Å². The highest BCUT2D eigenvalue weighted by Crippen LogP contribution is 2.30. The summed E-state index contributed by atoms with van der Waals surface area (Å²) in [5, 5.41) is 12.3. The van der Waals surface area contributed by atoms with Crippen LogP contribution in [0.15, 0.2) is 48.5 Å². The number of hydrogen-bond donors (Lipinski definition) is 2. The Kier molecular flexibility index (Phi) is 6.25. The third-order valence-electron chi connectivity index (χ3n) is 3.51. The van der Waals surface area contributed by atoms with E-state index in [-0.39, 0.29) is 0 Å². The van der Waals surface area contributed by atoms with Crippen molar-refractivity contribution in [3.05, 3.63) is 59.7 Å². The predicted octanol–water partition coefficient (Wildman–Crippen LogP) is 1.89. The van der Waals surface area contributed by atoms with E-state index in [1.54, 1.807) is 7.11 Å². The fourth-order valence-electron chi connectivity index (χ4n) is 2.40. The quantitative estimate of drug-likeness (QED) is 0.783. The second-order valence-corrected chi connectivity index (χ2v) is 5.04. The molecule has 2 rings (SSSR count). The maximum absolute atomic E-state index is 10.2. The Labute approximate surface area is 131 Å². The van der Waals surface area contributed by atoms with Crippen molar-refractivity contribution in [3.63, 3.8) is 0 Å². The van der Waals surface area contributed by atoms with Gasteiger partial charge in [-0.3, -0.25) is 0 Å². The molecule has 2 aromatic carbocycles. The Morgan fingerprint density at radius 2 is 1.86 bits per heavy atom. The van der Waals surface area contributed by atoms with Crippen molar-refractivity contribution in [1.29, 1.82) is 0 Å². The van der Waals surface area contributed by atoms with Gasteiger partial charge in [0.1, 0.15) is 19.2 Å². The summed E-state index contributed by atoms with van der Waals surface area (Å²) in [6.07, 6.45) is -0.470. The normalized spacial score (nSPS) is 12.0. The minimum atomic E-state index is -0.470. The first kappa shape index (κ1) is 16.3. The van der Waals surface area contributed by atoms with Crippen molar-refractivity contribution >= 4 is 0 Å². The van der Waals surface area contributed by atoms with Gasteiger partial charge in [0, 0.05) is 0 Å². The smallest absolute Gasteiger partial charge is 0.169 e. The number of hydrogen-bond acceptors (Lipinski definition) is 3. The van der Waals surface area contributed by atoms with E-state index in [1.165, 1.54) is 0 Å². The Morgan fingerprint density at radius 1 is 1.09 bits per heavy atom. The first-order valence-corrected chi connectivity index (χ1v) is 7.59. The number of para-hydroxylation sites is 1. The van der Waals surface area contributed by atoms with Gasteiger partial charge in [-0.05, 0) is 24.6 Å². The summed E-state index contributed by atoms with van der Waals surface area (Å²) >= 11 is 0. The predicted molar refractivity (Wildman–Crippen MR) is 86.1 cm³/mol. The second-order valence-electron chi connectivity index (χ2n) is 5.04. The number of quaternary nitrogens is 1. The summed E-state index contributed by atoms with van der Waals surface area (Å²) < 4.78 is 11.0.